The summed E-state index contributed by atoms with van der Waals surface area (Å²) in [5, 5.41) is 2.56. The predicted molar refractivity (Wildman–Crippen MR) is 94.2 cm³/mol. The fourth-order valence-electron chi connectivity index (χ4n) is 3.32. The molecule has 0 aromatic heterocycles. The Morgan fingerprint density at radius 3 is 2.17 bits per heavy atom. The lowest BCUT2D eigenvalue weighted by Crippen LogP contribution is -2.52. The molecule has 2 rings (SSSR count). The molecule has 1 aromatic carbocycles. The molecule has 0 bridgehead atoms. The van der Waals surface area contributed by atoms with Crippen molar-refractivity contribution in [2.24, 2.45) is 0 Å². The lowest BCUT2D eigenvalue weighted by Gasteiger charge is -2.34. The van der Waals surface area contributed by atoms with Crippen LogP contribution in [0.2, 0.25) is 0 Å². The van der Waals surface area contributed by atoms with Crippen molar-refractivity contribution < 1.29 is 13.2 Å². The van der Waals surface area contributed by atoms with Gasteiger partial charge in [0.05, 0.1) is 4.90 Å². The van der Waals surface area contributed by atoms with E-state index in [-0.39, 0.29) is 18.2 Å². The van der Waals surface area contributed by atoms with E-state index in [0.29, 0.717) is 12.8 Å². The number of amides is 1. The molecule has 0 aliphatic heterocycles. The molecule has 23 heavy (non-hydrogen) atoms. The Morgan fingerprint density at radius 2 is 1.70 bits per heavy atom. The molecule has 1 aliphatic carbocycles. The van der Waals surface area contributed by atoms with E-state index in [1.165, 1.54) is 7.05 Å². The van der Waals surface area contributed by atoms with E-state index in [9.17, 15) is 13.2 Å². The van der Waals surface area contributed by atoms with Gasteiger partial charge in [-0.1, -0.05) is 52.2 Å². The second-order valence-electron chi connectivity index (χ2n) is 6.03. The highest BCUT2D eigenvalue weighted by molar-refractivity contribution is 7.93. The zero-order valence-corrected chi connectivity index (χ0v) is 14.2. The molecule has 130 valence electrons. The summed E-state index contributed by atoms with van der Waals surface area (Å²) in [6.45, 7) is 2.09. The van der Waals surface area contributed by atoms with Crippen LogP contribution in [0.5, 0.6) is 0 Å². The maximum atomic E-state index is 13.1. The van der Waals surface area contributed by atoms with Gasteiger partial charge in [0.15, 0.2) is 14.6 Å². The molecule has 5 heteroatoms. The minimum atomic E-state index is -3.68. The van der Waals surface area contributed by atoms with Crippen LogP contribution < -0.4 is 5.32 Å². The molecule has 0 heterocycles. The number of rotatable bonds is 5. The van der Waals surface area contributed by atoms with Gasteiger partial charge in [0, 0.05) is 7.05 Å². The van der Waals surface area contributed by atoms with Gasteiger partial charge in [-0.3, -0.25) is 4.79 Å². The highest BCUT2D eigenvalue weighted by Crippen LogP contribution is 2.39. The van der Waals surface area contributed by atoms with E-state index in [0.717, 1.165) is 37.7 Å². The SMILES string of the molecule is C.CCCc1ccc(S(=O)(=O)C2(C(=O)NC)CCCCC2)cc1. The Hall–Kier alpha value is -1.36. The summed E-state index contributed by atoms with van der Waals surface area (Å²) in [4.78, 5) is 12.6. The number of hydrogen-bond acceptors (Lipinski definition) is 3. The second-order valence-corrected chi connectivity index (χ2v) is 8.29. The topological polar surface area (TPSA) is 63.2 Å². The van der Waals surface area contributed by atoms with Gasteiger partial charge in [-0.25, -0.2) is 8.42 Å². The summed E-state index contributed by atoms with van der Waals surface area (Å²) in [6.07, 6.45) is 5.32. The lowest BCUT2D eigenvalue weighted by atomic mass is 9.87. The van der Waals surface area contributed by atoms with Gasteiger partial charge in [-0.05, 0) is 37.0 Å². The van der Waals surface area contributed by atoms with Gasteiger partial charge in [0.25, 0.3) is 0 Å². The first kappa shape index (κ1) is 19.7. The molecule has 0 atom stereocenters. The lowest BCUT2D eigenvalue weighted by molar-refractivity contribution is -0.124. The number of carbonyl (C=O) groups is 1. The van der Waals surface area contributed by atoms with Gasteiger partial charge in [-0.15, -0.1) is 0 Å². The Kier molecular flexibility index (Phi) is 6.81. The van der Waals surface area contributed by atoms with Crippen LogP contribution in [0, 0.1) is 0 Å². The summed E-state index contributed by atoms with van der Waals surface area (Å²) in [5.41, 5.74) is 1.12. The molecule has 0 spiro atoms. The van der Waals surface area contributed by atoms with Crippen LogP contribution in [-0.4, -0.2) is 26.1 Å². The summed E-state index contributed by atoms with van der Waals surface area (Å²) >= 11 is 0. The van der Waals surface area contributed by atoms with Crippen LogP contribution in [-0.2, 0) is 21.1 Å². The number of nitrogens with one attached hydrogen (secondary N) is 1. The second kappa shape index (κ2) is 7.95. The van der Waals surface area contributed by atoms with Crippen LogP contribution in [0.15, 0.2) is 29.2 Å². The molecule has 1 aliphatic rings. The molecule has 1 saturated carbocycles. The quantitative estimate of drug-likeness (QED) is 0.893. The van der Waals surface area contributed by atoms with E-state index in [1.807, 2.05) is 12.1 Å². The molecular weight excluding hydrogens is 310 g/mol. The monoisotopic (exact) mass is 339 g/mol. The van der Waals surface area contributed by atoms with Crippen LogP contribution in [0.4, 0.5) is 0 Å². The number of benzene rings is 1. The van der Waals surface area contributed by atoms with Crippen molar-refractivity contribution in [1.29, 1.82) is 0 Å². The summed E-state index contributed by atoms with van der Waals surface area (Å²) in [7, 11) is -2.17. The normalized spacial score (nSPS) is 17.1. The number of carbonyl (C=O) groups excluding carboxylic acids is 1. The smallest absolute Gasteiger partial charge is 0.241 e. The standard InChI is InChI=1S/C17H25NO3S.CH4/c1-3-7-14-8-10-15(11-9-14)22(20,21)17(16(19)18-2)12-5-4-6-13-17;/h8-11H,3-7,12-13H2,1-2H3,(H,18,19);1H4. The molecular formula is C18H29NO3S. The van der Waals surface area contributed by atoms with Crippen molar-refractivity contribution in [2.45, 2.75) is 68.9 Å². The van der Waals surface area contributed by atoms with Crippen molar-refractivity contribution in [1.82, 2.24) is 5.32 Å². The average Bonchev–Trinajstić information content (AvgIpc) is 2.55. The zero-order chi connectivity index (χ0) is 16.2. The van der Waals surface area contributed by atoms with E-state index >= 15 is 0 Å². The van der Waals surface area contributed by atoms with Crippen molar-refractivity contribution in [2.75, 3.05) is 7.05 Å². The van der Waals surface area contributed by atoms with Crippen LogP contribution >= 0.6 is 0 Å². The first-order valence-corrected chi connectivity index (χ1v) is 9.52. The van der Waals surface area contributed by atoms with E-state index in [2.05, 4.69) is 12.2 Å². The van der Waals surface area contributed by atoms with Gasteiger partial charge >= 0.3 is 0 Å². The molecule has 1 fully saturated rings. The van der Waals surface area contributed by atoms with Crippen LogP contribution in [0.3, 0.4) is 0 Å². The van der Waals surface area contributed by atoms with Gasteiger partial charge in [0.1, 0.15) is 0 Å². The van der Waals surface area contributed by atoms with E-state index in [1.54, 1.807) is 12.1 Å². The Bertz CT molecular complexity index is 614. The molecule has 0 saturated heterocycles. The summed E-state index contributed by atoms with van der Waals surface area (Å²) in [5.74, 6) is -0.371. The summed E-state index contributed by atoms with van der Waals surface area (Å²) in [6, 6.07) is 7.02. The molecule has 4 nitrogen and oxygen atoms in total. The number of hydrogen-bond donors (Lipinski definition) is 1. The average molecular weight is 340 g/mol. The third kappa shape index (κ3) is 3.60. The minimum absolute atomic E-state index is 0. The van der Waals surface area contributed by atoms with Crippen molar-refractivity contribution in [3.05, 3.63) is 29.8 Å². The number of sulfone groups is 1. The first-order valence-electron chi connectivity index (χ1n) is 8.03. The Labute approximate surface area is 140 Å². The predicted octanol–water partition coefficient (Wildman–Crippen LogP) is 3.50. The molecule has 1 aromatic rings. The molecule has 1 N–H and O–H groups in total. The van der Waals surface area contributed by atoms with E-state index < -0.39 is 14.6 Å². The zero-order valence-electron chi connectivity index (χ0n) is 13.4. The van der Waals surface area contributed by atoms with Gasteiger partial charge in [0.2, 0.25) is 5.91 Å². The van der Waals surface area contributed by atoms with Crippen LogP contribution in [0.1, 0.15) is 58.4 Å². The highest BCUT2D eigenvalue weighted by Gasteiger charge is 2.51. The van der Waals surface area contributed by atoms with Crippen molar-refractivity contribution >= 4 is 15.7 Å². The van der Waals surface area contributed by atoms with Gasteiger partial charge < -0.3 is 5.32 Å². The maximum absolute atomic E-state index is 13.1. The van der Waals surface area contributed by atoms with Crippen molar-refractivity contribution in [3.63, 3.8) is 0 Å². The molecule has 0 radical (unpaired) electrons. The van der Waals surface area contributed by atoms with Gasteiger partial charge in [-0.2, -0.15) is 0 Å². The maximum Gasteiger partial charge on any atom is 0.241 e. The van der Waals surface area contributed by atoms with E-state index in [4.69, 9.17) is 0 Å². The Balaban J connectivity index is 0.00000264. The highest BCUT2D eigenvalue weighted by atomic mass is 32.2. The third-order valence-electron chi connectivity index (χ3n) is 4.59. The Morgan fingerprint density at radius 1 is 1.13 bits per heavy atom. The first-order chi connectivity index (χ1) is 10.5. The third-order valence-corrected chi connectivity index (χ3v) is 7.10. The fourth-order valence-corrected chi connectivity index (χ4v) is 5.44. The molecule has 1 amide bonds. The van der Waals surface area contributed by atoms with Crippen molar-refractivity contribution in [3.8, 4) is 0 Å². The summed E-state index contributed by atoms with van der Waals surface area (Å²) < 4.78 is 24.9. The van der Waals surface area contributed by atoms with Crippen LogP contribution in [0.25, 0.3) is 0 Å². The number of aryl methyl sites for hydroxylation is 1. The molecule has 0 unspecified atom stereocenters. The largest absolute Gasteiger partial charge is 0.358 e. The minimum Gasteiger partial charge on any atom is -0.358 e. The fraction of sp³-hybridized carbons (Fsp3) is 0.611.